The van der Waals surface area contributed by atoms with Crippen LogP contribution in [0.25, 0.3) is 0 Å². The van der Waals surface area contributed by atoms with E-state index in [4.69, 9.17) is 9.47 Å². The number of pyridine rings is 1. The van der Waals surface area contributed by atoms with E-state index >= 15 is 0 Å². The molecule has 1 aromatic heterocycles. The Morgan fingerprint density at radius 3 is 2.48 bits per heavy atom. The highest BCUT2D eigenvalue weighted by atomic mass is 16.5. The standard InChI is InChI=1S/C15H20N2O4/c1-20-13-7-6-12(10-16-13)15(19)21-11-14(18)17-8-4-2-3-5-9-17/h6-7,10H,2-5,8-9,11H2,1H3. The van der Waals surface area contributed by atoms with Gasteiger partial charge in [0.05, 0.1) is 12.7 Å². The highest BCUT2D eigenvalue weighted by molar-refractivity contribution is 5.91. The number of carbonyl (C=O) groups is 2. The molecular formula is C15H20N2O4. The van der Waals surface area contributed by atoms with Crippen molar-refractivity contribution >= 4 is 11.9 Å². The predicted molar refractivity (Wildman–Crippen MR) is 76.1 cm³/mol. The smallest absolute Gasteiger partial charge is 0.340 e. The summed E-state index contributed by atoms with van der Waals surface area (Å²) in [7, 11) is 1.50. The van der Waals surface area contributed by atoms with Crippen LogP contribution in [0.4, 0.5) is 0 Å². The van der Waals surface area contributed by atoms with Gasteiger partial charge < -0.3 is 14.4 Å². The predicted octanol–water partition coefficient (Wildman–Crippen LogP) is 1.65. The average Bonchev–Trinajstić information content (AvgIpc) is 2.81. The molecule has 1 saturated heterocycles. The van der Waals surface area contributed by atoms with E-state index in [-0.39, 0.29) is 12.5 Å². The minimum absolute atomic E-state index is 0.133. The second-order valence-corrected chi connectivity index (χ2v) is 4.96. The van der Waals surface area contributed by atoms with Crippen molar-refractivity contribution in [3.05, 3.63) is 23.9 Å². The van der Waals surface area contributed by atoms with Crippen molar-refractivity contribution in [3.8, 4) is 5.88 Å². The number of hydrogen-bond donors (Lipinski definition) is 0. The van der Waals surface area contributed by atoms with Crippen molar-refractivity contribution in [2.45, 2.75) is 25.7 Å². The number of hydrogen-bond acceptors (Lipinski definition) is 5. The molecule has 6 heteroatoms. The number of carbonyl (C=O) groups excluding carboxylic acids is 2. The normalized spacial score (nSPS) is 15.2. The number of amides is 1. The zero-order chi connectivity index (χ0) is 15.1. The second-order valence-electron chi connectivity index (χ2n) is 4.96. The van der Waals surface area contributed by atoms with E-state index in [0.29, 0.717) is 11.4 Å². The number of likely N-dealkylation sites (tertiary alicyclic amines) is 1. The molecule has 0 radical (unpaired) electrons. The number of esters is 1. The molecule has 1 aliphatic heterocycles. The first-order chi connectivity index (χ1) is 10.2. The fourth-order valence-electron chi connectivity index (χ4n) is 2.24. The van der Waals surface area contributed by atoms with Crippen LogP contribution in [-0.2, 0) is 9.53 Å². The number of nitrogens with zero attached hydrogens (tertiary/aromatic N) is 2. The minimum Gasteiger partial charge on any atom is -0.481 e. The lowest BCUT2D eigenvalue weighted by Gasteiger charge is -2.19. The largest absolute Gasteiger partial charge is 0.481 e. The van der Waals surface area contributed by atoms with E-state index in [1.165, 1.54) is 13.3 Å². The summed E-state index contributed by atoms with van der Waals surface area (Å²) in [4.78, 5) is 29.5. The molecule has 0 aliphatic carbocycles. The van der Waals surface area contributed by atoms with Crippen LogP contribution >= 0.6 is 0 Å². The van der Waals surface area contributed by atoms with Gasteiger partial charge in [-0.05, 0) is 18.9 Å². The summed E-state index contributed by atoms with van der Waals surface area (Å²) >= 11 is 0. The summed E-state index contributed by atoms with van der Waals surface area (Å²) < 4.78 is 9.96. The summed E-state index contributed by atoms with van der Waals surface area (Å²) in [5.41, 5.74) is 0.305. The van der Waals surface area contributed by atoms with Crippen molar-refractivity contribution in [3.63, 3.8) is 0 Å². The van der Waals surface area contributed by atoms with Crippen molar-refractivity contribution < 1.29 is 19.1 Å². The molecule has 1 aromatic rings. The Kier molecular flexibility index (Phi) is 5.54. The Morgan fingerprint density at radius 2 is 1.90 bits per heavy atom. The van der Waals surface area contributed by atoms with Crippen molar-refractivity contribution in [1.82, 2.24) is 9.88 Å². The molecule has 21 heavy (non-hydrogen) atoms. The van der Waals surface area contributed by atoms with E-state index < -0.39 is 5.97 Å². The highest BCUT2D eigenvalue weighted by Crippen LogP contribution is 2.11. The van der Waals surface area contributed by atoms with Gasteiger partial charge in [-0.25, -0.2) is 9.78 Å². The van der Waals surface area contributed by atoms with Gasteiger partial charge in [-0.15, -0.1) is 0 Å². The SMILES string of the molecule is COc1ccc(C(=O)OCC(=O)N2CCCCCC2)cn1. The van der Waals surface area contributed by atoms with Gasteiger partial charge in [-0.2, -0.15) is 0 Å². The zero-order valence-corrected chi connectivity index (χ0v) is 12.2. The summed E-state index contributed by atoms with van der Waals surface area (Å²) in [6.45, 7) is 1.28. The average molecular weight is 292 g/mol. The number of rotatable bonds is 4. The Morgan fingerprint density at radius 1 is 1.19 bits per heavy atom. The molecule has 1 amide bonds. The van der Waals surface area contributed by atoms with Gasteiger partial charge in [0, 0.05) is 25.4 Å². The number of methoxy groups -OCH3 is 1. The van der Waals surface area contributed by atoms with Crippen LogP contribution in [0.5, 0.6) is 5.88 Å². The lowest BCUT2D eigenvalue weighted by atomic mass is 10.2. The third-order valence-electron chi connectivity index (χ3n) is 3.47. The molecule has 0 spiro atoms. The Hall–Kier alpha value is -2.11. The molecule has 0 N–H and O–H groups in total. The molecule has 1 fully saturated rings. The van der Waals surface area contributed by atoms with E-state index in [9.17, 15) is 9.59 Å². The molecular weight excluding hydrogens is 272 g/mol. The summed E-state index contributed by atoms with van der Waals surface area (Å²) in [5.74, 6) is -0.257. The summed E-state index contributed by atoms with van der Waals surface area (Å²) in [6, 6.07) is 3.14. The minimum atomic E-state index is -0.548. The van der Waals surface area contributed by atoms with Crippen molar-refractivity contribution in [2.75, 3.05) is 26.8 Å². The molecule has 2 heterocycles. The lowest BCUT2D eigenvalue weighted by Crippen LogP contribution is -2.35. The van der Waals surface area contributed by atoms with Gasteiger partial charge in [0.25, 0.3) is 5.91 Å². The van der Waals surface area contributed by atoms with E-state index in [1.807, 2.05) is 0 Å². The van der Waals surface area contributed by atoms with Gasteiger partial charge in [-0.1, -0.05) is 12.8 Å². The van der Waals surface area contributed by atoms with E-state index in [1.54, 1.807) is 17.0 Å². The Balaban J connectivity index is 1.83. The Bertz CT molecular complexity index is 479. The molecule has 0 bridgehead atoms. The third-order valence-corrected chi connectivity index (χ3v) is 3.47. The van der Waals surface area contributed by atoms with Crippen LogP contribution < -0.4 is 4.74 Å². The molecule has 0 unspecified atom stereocenters. The van der Waals surface area contributed by atoms with Crippen LogP contribution in [0, 0.1) is 0 Å². The molecule has 0 saturated carbocycles. The lowest BCUT2D eigenvalue weighted by molar-refractivity contribution is -0.134. The first-order valence-electron chi connectivity index (χ1n) is 7.15. The molecule has 0 atom stereocenters. The molecule has 1 aliphatic rings. The Labute approximate surface area is 124 Å². The molecule has 2 rings (SSSR count). The van der Waals surface area contributed by atoms with Crippen molar-refractivity contribution in [1.29, 1.82) is 0 Å². The maximum Gasteiger partial charge on any atom is 0.340 e. The van der Waals surface area contributed by atoms with Gasteiger partial charge in [0.2, 0.25) is 5.88 Å². The maximum absolute atomic E-state index is 12.0. The van der Waals surface area contributed by atoms with Gasteiger partial charge >= 0.3 is 5.97 Å². The van der Waals surface area contributed by atoms with Crippen molar-refractivity contribution in [2.24, 2.45) is 0 Å². The molecule has 6 nitrogen and oxygen atoms in total. The molecule has 114 valence electrons. The van der Waals surface area contributed by atoms with Gasteiger partial charge in [0.15, 0.2) is 6.61 Å². The summed E-state index contributed by atoms with van der Waals surface area (Å²) in [5, 5.41) is 0. The maximum atomic E-state index is 12.0. The number of ether oxygens (including phenoxy) is 2. The van der Waals surface area contributed by atoms with E-state index in [0.717, 1.165) is 38.8 Å². The van der Waals surface area contributed by atoms with Crippen LogP contribution in [0.15, 0.2) is 18.3 Å². The van der Waals surface area contributed by atoms with E-state index in [2.05, 4.69) is 4.98 Å². The zero-order valence-electron chi connectivity index (χ0n) is 12.2. The fourth-order valence-corrected chi connectivity index (χ4v) is 2.24. The fraction of sp³-hybridized carbons (Fsp3) is 0.533. The topological polar surface area (TPSA) is 68.7 Å². The molecule has 0 aromatic carbocycles. The van der Waals surface area contributed by atoms with Gasteiger partial charge in [0.1, 0.15) is 0 Å². The van der Waals surface area contributed by atoms with Crippen LogP contribution in [-0.4, -0.2) is 48.6 Å². The highest BCUT2D eigenvalue weighted by Gasteiger charge is 2.17. The van der Waals surface area contributed by atoms with Crippen LogP contribution in [0.3, 0.4) is 0 Å². The van der Waals surface area contributed by atoms with Crippen LogP contribution in [0.1, 0.15) is 36.0 Å². The number of aromatic nitrogens is 1. The van der Waals surface area contributed by atoms with Gasteiger partial charge in [-0.3, -0.25) is 4.79 Å². The quantitative estimate of drug-likeness (QED) is 0.789. The monoisotopic (exact) mass is 292 g/mol. The second kappa shape index (κ2) is 7.61. The first-order valence-corrected chi connectivity index (χ1v) is 7.15. The summed E-state index contributed by atoms with van der Waals surface area (Å²) in [6.07, 6.45) is 5.71. The first kappa shape index (κ1) is 15.3. The third kappa shape index (κ3) is 4.44. The van der Waals surface area contributed by atoms with Crippen LogP contribution in [0.2, 0.25) is 0 Å².